The number of carbonyl (C=O) groups is 1. The van der Waals surface area contributed by atoms with Crippen molar-refractivity contribution in [3.05, 3.63) is 51.5 Å². The van der Waals surface area contributed by atoms with Gasteiger partial charge in [-0.15, -0.1) is 23.7 Å². The topological polar surface area (TPSA) is 77.2 Å². The number of aromatic nitrogens is 1. The Morgan fingerprint density at radius 3 is 2.84 bits per heavy atom. The van der Waals surface area contributed by atoms with Gasteiger partial charge in [-0.2, -0.15) is 0 Å². The number of hydrogen-bond donors (Lipinski definition) is 2. The predicted molar refractivity (Wildman–Crippen MR) is 102 cm³/mol. The molecule has 3 rings (SSSR count). The molecule has 1 aromatic carbocycles. The lowest BCUT2D eigenvalue weighted by Crippen LogP contribution is -2.35. The number of nitrogens with two attached hydrogens (primary N) is 1. The quantitative estimate of drug-likeness (QED) is 0.833. The number of aryl methyl sites for hydroxylation is 1. The largest absolute Gasteiger partial charge is 0.373 e. The summed E-state index contributed by atoms with van der Waals surface area (Å²) in [6.07, 6.45) is 2.11. The predicted octanol–water partition coefficient (Wildman–Crippen LogP) is 3.23. The number of nitrogens with one attached hydrogen (secondary N) is 1. The molecule has 1 fully saturated rings. The standard InChI is InChI=1S/C18H23N3O2S.ClH/c1-12-4-6-13(7-5-12)17-14(3-2-8-23-17)10-20-18(22)15-11-24-16(9-19)21-15;/h4-7,11,14,17H,2-3,8-10,19H2,1H3,(H,20,22);1H. The smallest absolute Gasteiger partial charge is 0.270 e. The van der Waals surface area contributed by atoms with Crippen molar-refractivity contribution in [1.82, 2.24) is 10.3 Å². The number of benzene rings is 1. The maximum atomic E-state index is 12.3. The number of ether oxygens (including phenoxy) is 1. The Bertz CT molecular complexity index is 690. The molecule has 2 unspecified atom stereocenters. The van der Waals surface area contributed by atoms with Gasteiger partial charge in [-0.3, -0.25) is 4.79 Å². The molecular weight excluding hydrogens is 358 g/mol. The number of carbonyl (C=O) groups excluding carboxylic acids is 1. The van der Waals surface area contributed by atoms with E-state index in [1.807, 2.05) is 0 Å². The molecule has 2 atom stereocenters. The molecule has 1 amide bonds. The number of thiazole rings is 1. The minimum absolute atomic E-state index is 0. The molecule has 2 aromatic rings. The molecule has 0 bridgehead atoms. The second-order valence-corrected chi connectivity index (χ2v) is 7.09. The third-order valence-corrected chi connectivity index (χ3v) is 5.21. The van der Waals surface area contributed by atoms with E-state index in [1.165, 1.54) is 22.5 Å². The van der Waals surface area contributed by atoms with Crippen molar-refractivity contribution in [1.29, 1.82) is 0 Å². The molecule has 1 aromatic heterocycles. The van der Waals surface area contributed by atoms with Crippen LogP contribution in [0.2, 0.25) is 0 Å². The van der Waals surface area contributed by atoms with Crippen molar-refractivity contribution in [3.63, 3.8) is 0 Å². The van der Waals surface area contributed by atoms with Gasteiger partial charge in [0.2, 0.25) is 0 Å². The Kier molecular flexibility index (Phi) is 7.38. The molecule has 5 nitrogen and oxygen atoms in total. The van der Waals surface area contributed by atoms with E-state index in [1.54, 1.807) is 5.38 Å². The van der Waals surface area contributed by atoms with Crippen molar-refractivity contribution in [2.45, 2.75) is 32.4 Å². The highest BCUT2D eigenvalue weighted by atomic mass is 35.5. The first-order chi connectivity index (χ1) is 11.7. The molecule has 25 heavy (non-hydrogen) atoms. The summed E-state index contributed by atoms with van der Waals surface area (Å²) in [5.74, 6) is 0.136. The van der Waals surface area contributed by atoms with E-state index < -0.39 is 0 Å². The van der Waals surface area contributed by atoms with E-state index in [9.17, 15) is 4.79 Å². The van der Waals surface area contributed by atoms with Crippen LogP contribution in [0.15, 0.2) is 29.6 Å². The summed E-state index contributed by atoms with van der Waals surface area (Å²) in [7, 11) is 0. The fourth-order valence-electron chi connectivity index (χ4n) is 3.00. The Morgan fingerprint density at radius 2 is 2.16 bits per heavy atom. The molecule has 7 heteroatoms. The minimum atomic E-state index is -0.140. The summed E-state index contributed by atoms with van der Waals surface area (Å²) < 4.78 is 5.99. The summed E-state index contributed by atoms with van der Waals surface area (Å²) in [6.45, 7) is 3.80. The normalized spacial score (nSPS) is 19.9. The van der Waals surface area contributed by atoms with Crippen molar-refractivity contribution < 1.29 is 9.53 Å². The van der Waals surface area contributed by atoms with Gasteiger partial charge in [-0.25, -0.2) is 4.98 Å². The lowest BCUT2D eigenvalue weighted by molar-refractivity contribution is -0.0272. The average molecular weight is 382 g/mol. The highest BCUT2D eigenvalue weighted by Gasteiger charge is 2.28. The second kappa shape index (κ2) is 9.29. The summed E-state index contributed by atoms with van der Waals surface area (Å²) in [5.41, 5.74) is 8.41. The van der Waals surface area contributed by atoms with Crippen LogP contribution in [0.5, 0.6) is 0 Å². The molecule has 3 N–H and O–H groups in total. The molecule has 1 aliphatic rings. The van der Waals surface area contributed by atoms with Crippen LogP contribution in [0.4, 0.5) is 0 Å². The van der Waals surface area contributed by atoms with Crippen LogP contribution in [-0.4, -0.2) is 24.0 Å². The number of hydrogen-bond acceptors (Lipinski definition) is 5. The monoisotopic (exact) mass is 381 g/mol. The lowest BCUT2D eigenvalue weighted by Gasteiger charge is -2.32. The molecule has 0 radical (unpaired) electrons. The fourth-order valence-corrected chi connectivity index (χ4v) is 3.65. The van der Waals surface area contributed by atoms with Gasteiger partial charge in [0.05, 0.1) is 6.10 Å². The number of rotatable bonds is 5. The third kappa shape index (κ3) is 5.01. The van der Waals surface area contributed by atoms with Gasteiger partial charge in [-0.1, -0.05) is 29.8 Å². The van der Waals surface area contributed by atoms with Gasteiger partial charge in [0.15, 0.2) is 0 Å². The molecule has 1 aliphatic heterocycles. The van der Waals surface area contributed by atoms with Crippen LogP contribution < -0.4 is 11.1 Å². The molecule has 0 spiro atoms. The van der Waals surface area contributed by atoms with Crippen LogP contribution in [0.1, 0.15) is 45.6 Å². The Labute approximate surface area is 158 Å². The Hall–Kier alpha value is -1.47. The molecule has 0 aliphatic carbocycles. The first kappa shape index (κ1) is 19.8. The van der Waals surface area contributed by atoms with E-state index in [-0.39, 0.29) is 30.3 Å². The van der Waals surface area contributed by atoms with Crippen molar-refractivity contribution in [3.8, 4) is 0 Å². The highest BCUT2D eigenvalue weighted by molar-refractivity contribution is 7.09. The van der Waals surface area contributed by atoms with E-state index in [0.717, 1.165) is 24.5 Å². The first-order valence-electron chi connectivity index (χ1n) is 8.28. The average Bonchev–Trinajstić information content (AvgIpc) is 3.10. The first-order valence-corrected chi connectivity index (χ1v) is 9.16. The van der Waals surface area contributed by atoms with Crippen molar-refractivity contribution >= 4 is 29.7 Å². The number of nitrogens with zero attached hydrogens (tertiary/aromatic N) is 1. The Morgan fingerprint density at radius 1 is 1.40 bits per heavy atom. The van der Waals surface area contributed by atoms with Crippen LogP contribution in [0.3, 0.4) is 0 Å². The van der Waals surface area contributed by atoms with Gasteiger partial charge >= 0.3 is 0 Å². The summed E-state index contributed by atoms with van der Waals surface area (Å²) in [5, 5.41) is 5.53. The lowest BCUT2D eigenvalue weighted by atomic mass is 9.89. The van der Waals surface area contributed by atoms with E-state index >= 15 is 0 Å². The van der Waals surface area contributed by atoms with Crippen molar-refractivity contribution in [2.24, 2.45) is 11.7 Å². The summed E-state index contributed by atoms with van der Waals surface area (Å²) in [4.78, 5) is 16.5. The van der Waals surface area contributed by atoms with Crippen molar-refractivity contribution in [2.75, 3.05) is 13.2 Å². The second-order valence-electron chi connectivity index (χ2n) is 6.15. The van der Waals surface area contributed by atoms with Gasteiger partial charge in [0.1, 0.15) is 10.7 Å². The summed E-state index contributed by atoms with van der Waals surface area (Å²) in [6, 6.07) is 8.45. The van der Waals surface area contributed by atoms with Crippen LogP contribution in [0.25, 0.3) is 0 Å². The molecule has 0 saturated carbocycles. The number of amides is 1. The molecule has 2 heterocycles. The van der Waals surface area contributed by atoms with E-state index in [4.69, 9.17) is 10.5 Å². The maximum Gasteiger partial charge on any atom is 0.270 e. The van der Waals surface area contributed by atoms with Gasteiger partial charge in [0, 0.05) is 31.0 Å². The molecule has 136 valence electrons. The Balaban J connectivity index is 0.00000225. The zero-order chi connectivity index (χ0) is 16.9. The zero-order valence-corrected chi connectivity index (χ0v) is 15.9. The van der Waals surface area contributed by atoms with E-state index in [0.29, 0.717) is 18.8 Å². The zero-order valence-electron chi connectivity index (χ0n) is 14.2. The minimum Gasteiger partial charge on any atom is -0.373 e. The van der Waals surface area contributed by atoms with Crippen LogP contribution in [-0.2, 0) is 11.3 Å². The molecule has 1 saturated heterocycles. The number of halogens is 1. The van der Waals surface area contributed by atoms with E-state index in [2.05, 4.69) is 41.5 Å². The molecular formula is C18H24ClN3O2S. The van der Waals surface area contributed by atoms with Gasteiger partial charge in [0.25, 0.3) is 5.91 Å². The third-order valence-electron chi connectivity index (χ3n) is 4.33. The highest BCUT2D eigenvalue weighted by Crippen LogP contribution is 2.33. The fraction of sp³-hybridized carbons (Fsp3) is 0.444. The maximum absolute atomic E-state index is 12.3. The SMILES string of the molecule is Cc1ccc(C2OCCCC2CNC(=O)c2csc(CN)n2)cc1.Cl. The van der Waals surface area contributed by atoms with Crippen LogP contribution >= 0.6 is 23.7 Å². The van der Waals surface area contributed by atoms with Crippen LogP contribution in [0, 0.1) is 12.8 Å². The summed E-state index contributed by atoms with van der Waals surface area (Å²) >= 11 is 1.42. The van der Waals surface area contributed by atoms with Gasteiger partial charge in [-0.05, 0) is 25.3 Å². The van der Waals surface area contributed by atoms with Gasteiger partial charge < -0.3 is 15.8 Å².